The van der Waals surface area contributed by atoms with Gasteiger partial charge < -0.3 is 15.4 Å². The molecule has 1 aliphatic heterocycles. The number of thiazole rings is 1. The molecule has 1 aromatic heterocycles. The maximum Gasteiger partial charge on any atom is 0.306 e. The number of piperidine rings is 1. The van der Waals surface area contributed by atoms with Crippen LogP contribution < -0.4 is 5.73 Å². The van der Waals surface area contributed by atoms with E-state index in [-0.39, 0.29) is 30.8 Å². The van der Waals surface area contributed by atoms with Crippen LogP contribution in [0.25, 0.3) is 10.2 Å². The maximum absolute atomic E-state index is 12.2. The Bertz CT molecular complexity index is 802. The third-order valence-electron chi connectivity index (χ3n) is 4.64. The second-order valence-electron chi connectivity index (χ2n) is 6.67. The van der Waals surface area contributed by atoms with Gasteiger partial charge in [0.2, 0.25) is 5.91 Å². The Balaban J connectivity index is 1.37. The summed E-state index contributed by atoms with van der Waals surface area (Å²) in [4.78, 5) is 41.4. The van der Waals surface area contributed by atoms with Crippen LogP contribution in [0, 0.1) is 5.92 Å². The number of carbonyl (C=O) groups is 3. The van der Waals surface area contributed by atoms with Crippen LogP contribution in [-0.4, -0.2) is 47.4 Å². The van der Waals surface area contributed by atoms with Crippen molar-refractivity contribution in [3.05, 3.63) is 29.3 Å². The van der Waals surface area contributed by atoms with Crippen molar-refractivity contribution < 1.29 is 19.1 Å². The van der Waals surface area contributed by atoms with Crippen LogP contribution in [0.15, 0.2) is 24.3 Å². The molecule has 2 amide bonds. The highest BCUT2D eigenvalue weighted by molar-refractivity contribution is 7.18. The number of para-hydroxylation sites is 1. The number of aromatic nitrogens is 1. The van der Waals surface area contributed by atoms with E-state index in [1.54, 1.807) is 16.2 Å². The molecule has 0 aliphatic carbocycles. The van der Waals surface area contributed by atoms with Crippen LogP contribution in [0.5, 0.6) is 0 Å². The molecule has 1 aliphatic rings. The van der Waals surface area contributed by atoms with E-state index in [9.17, 15) is 14.4 Å². The minimum Gasteiger partial charge on any atom is -0.456 e. The van der Waals surface area contributed by atoms with Crippen molar-refractivity contribution in [1.82, 2.24) is 9.88 Å². The Kier molecular flexibility index (Phi) is 6.39. The number of primary amides is 1. The molecule has 1 fully saturated rings. The minimum atomic E-state index is -0.395. The highest BCUT2D eigenvalue weighted by Crippen LogP contribution is 2.22. The highest BCUT2D eigenvalue weighted by Gasteiger charge is 2.27. The average Bonchev–Trinajstić information content (AvgIpc) is 3.09. The van der Waals surface area contributed by atoms with Crippen molar-refractivity contribution in [2.75, 3.05) is 19.7 Å². The summed E-state index contributed by atoms with van der Waals surface area (Å²) in [5.74, 6) is -1.38. The number of esters is 1. The lowest BCUT2D eigenvalue weighted by Crippen LogP contribution is -2.45. The first-order valence-corrected chi connectivity index (χ1v) is 9.92. The summed E-state index contributed by atoms with van der Waals surface area (Å²) in [6.07, 6.45) is 3.00. The SMILES string of the molecule is NC(=O)[C@H]1CCCN(C(=O)COC(=O)CCCc2nc3ccccc3s2)C1. The maximum atomic E-state index is 12.2. The van der Waals surface area contributed by atoms with Crippen molar-refractivity contribution in [3.8, 4) is 0 Å². The van der Waals surface area contributed by atoms with Gasteiger partial charge in [0, 0.05) is 19.5 Å². The number of benzene rings is 1. The van der Waals surface area contributed by atoms with Crippen LogP contribution in [-0.2, 0) is 25.5 Å². The number of aryl methyl sites for hydroxylation is 1. The van der Waals surface area contributed by atoms with Gasteiger partial charge in [-0.25, -0.2) is 4.98 Å². The Morgan fingerprint density at radius 2 is 2.11 bits per heavy atom. The van der Waals surface area contributed by atoms with Crippen molar-refractivity contribution in [1.29, 1.82) is 0 Å². The molecule has 0 bridgehead atoms. The van der Waals surface area contributed by atoms with Gasteiger partial charge in [0.25, 0.3) is 5.91 Å². The van der Waals surface area contributed by atoms with E-state index < -0.39 is 5.97 Å². The minimum absolute atomic E-state index is 0.243. The van der Waals surface area contributed by atoms with Gasteiger partial charge >= 0.3 is 5.97 Å². The number of likely N-dealkylation sites (tertiary alicyclic amines) is 1. The predicted molar refractivity (Wildman–Crippen MR) is 102 cm³/mol. The van der Waals surface area contributed by atoms with Gasteiger partial charge in [0.1, 0.15) is 0 Å². The van der Waals surface area contributed by atoms with Gasteiger partial charge in [0.05, 0.1) is 21.1 Å². The second kappa shape index (κ2) is 8.94. The Hall–Kier alpha value is -2.48. The number of amides is 2. The molecule has 144 valence electrons. The molecule has 27 heavy (non-hydrogen) atoms. The fourth-order valence-electron chi connectivity index (χ4n) is 3.15. The largest absolute Gasteiger partial charge is 0.456 e. The summed E-state index contributed by atoms with van der Waals surface area (Å²) in [5, 5.41) is 0.992. The van der Waals surface area contributed by atoms with E-state index in [1.807, 2.05) is 24.3 Å². The molecule has 0 saturated carbocycles. The first-order chi connectivity index (χ1) is 13.0. The zero-order chi connectivity index (χ0) is 19.2. The summed E-state index contributed by atoms with van der Waals surface area (Å²) in [5.41, 5.74) is 6.29. The molecule has 0 radical (unpaired) electrons. The fraction of sp³-hybridized carbons (Fsp3) is 0.474. The van der Waals surface area contributed by atoms with Crippen molar-refractivity contribution in [2.45, 2.75) is 32.1 Å². The number of hydrogen-bond acceptors (Lipinski definition) is 6. The molecule has 8 heteroatoms. The number of fused-ring (bicyclic) bond motifs is 1. The summed E-state index contributed by atoms with van der Waals surface area (Å²) in [7, 11) is 0. The van der Waals surface area contributed by atoms with Crippen molar-refractivity contribution in [3.63, 3.8) is 0 Å². The van der Waals surface area contributed by atoms with Gasteiger partial charge in [-0.05, 0) is 37.8 Å². The molecule has 7 nitrogen and oxygen atoms in total. The first kappa shape index (κ1) is 19.3. The average molecular weight is 389 g/mol. The Morgan fingerprint density at radius 1 is 1.30 bits per heavy atom. The van der Waals surface area contributed by atoms with E-state index in [2.05, 4.69) is 4.98 Å². The fourth-order valence-corrected chi connectivity index (χ4v) is 4.16. The molecule has 1 aromatic carbocycles. The molecule has 1 saturated heterocycles. The van der Waals surface area contributed by atoms with Crippen LogP contribution in [0.4, 0.5) is 0 Å². The quantitative estimate of drug-likeness (QED) is 0.729. The topological polar surface area (TPSA) is 103 Å². The predicted octanol–water partition coefficient (Wildman–Crippen LogP) is 1.89. The van der Waals surface area contributed by atoms with Gasteiger partial charge in [0.15, 0.2) is 6.61 Å². The van der Waals surface area contributed by atoms with Crippen LogP contribution >= 0.6 is 11.3 Å². The Morgan fingerprint density at radius 3 is 2.89 bits per heavy atom. The number of nitrogens with two attached hydrogens (primary N) is 1. The van der Waals surface area contributed by atoms with E-state index >= 15 is 0 Å². The molecule has 2 heterocycles. The number of carbonyl (C=O) groups excluding carboxylic acids is 3. The zero-order valence-corrected chi connectivity index (χ0v) is 15.9. The first-order valence-electron chi connectivity index (χ1n) is 9.10. The number of hydrogen-bond donors (Lipinski definition) is 1. The third-order valence-corrected chi connectivity index (χ3v) is 5.74. The van der Waals surface area contributed by atoms with E-state index in [0.29, 0.717) is 32.4 Å². The van der Waals surface area contributed by atoms with E-state index in [0.717, 1.165) is 21.6 Å². The molecule has 0 unspecified atom stereocenters. The van der Waals surface area contributed by atoms with Gasteiger partial charge in [-0.15, -0.1) is 11.3 Å². The lowest BCUT2D eigenvalue weighted by atomic mass is 9.97. The van der Waals surface area contributed by atoms with E-state index in [4.69, 9.17) is 10.5 Å². The van der Waals surface area contributed by atoms with Crippen LogP contribution in [0.2, 0.25) is 0 Å². The van der Waals surface area contributed by atoms with Crippen molar-refractivity contribution in [2.24, 2.45) is 11.7 Å². The van der Waals surface area contributed by atoms with Crippen molar-refractivity contribution >= 4 is 39.3 Å². The normalized spacial score (nSPS) is 17.0. The van der Waals surface area contributed by atoms with Gasteiger partial charge in [-0.1, -0.05) is 12.1 Å². The zero-order valence-electron chi connectivity index (χ0n) is 15.1. The molecular weight excluding hydrogens is 366 g/mol. The number of nitrogens with zero attached hydrogens (tertiary/aromatic N) is 2. The smallest absolute Gasteiger partial charge is 0.306 e. The summed E-state index contributed by atoms with van der Waals surface area (Å²) < 4.78 is 6.22. The molecule has 2 N–H and O–H groups in total. The summed E-state index contributed by atoms with van der Waals surface area (Å²) in [6.45, 7) is 0.590. The monoisotopic (exact) mass is 389 g/mol. The number of rotatable bonds is 7. The molecular formula is C19H23N3O4S. The van der Waals surface area contributed by atoms with Crippen LogP contribution in [0.1, 0.15) is 30.7 Å². The van der Waals surface area contributed by atoms with E-state index in [1.165, 1.54) is 0 Å². The number of ether oxygens (including phenoxy) is 1. The molecule has 1 atom stereocenters. The molecule has 0 spiro atoms. The second-order valence-corrected chi connectivity index (χ2v) is 7.79. The Labute approximate surface area is 161 Å². The molecule has 2 aromatic rings. The van der Waals surface area contributed by atoms with Gasteiger partial charge in [-0.3, -0.25) is 14.4 Å². The standard InChI is InChI=1S/C19H23N3O4S/c20-19(25)13-5-4-10-22(11-13)17(23)12-26-18(24)9-3-8-16-21-14-6-1-2-7-15(14)27-16/h1-2,6-7,13H,3-5,8-12H2,(H2,20,25)/t13-/m0/s1. The third kappa shape index (κ3) is 5.26. The van der Waals surface area contributed by atoms with Crippen LogP contribution in [0.3, 0.4) is 0 Å². The summed E-state index contributed by atoms with van der Waals surface area (Å²) >= 11 is 1.63. The summed E-state index contributed by atoms with van der Waals surface area (Å²) in [6, 6.07) is 7.93. The lowest BCUT2D eigenvalue weighted by molar-refractivity contribution is -0.153. The lowest BCUT2D eigenvalue weighted by Gasteiger charge is -2.31. The highest BCUT2D eigenvalue weighted by atomic mass is 32.1. The van der Waals surface area contributed by atoms with Gasteiger partial charge in [-0.2, -0.15) is 0 Å². The molecule has 3 rings (SSSR count).